The van der Waals surface area contributed by atoms with Gasteiger partial charge >= 0.3 is 0 Å². The molecule has 1 amide bonds. The topological polar surface area (TPSA) is 54.0 Å². The first-order valence-corrected chi connectivity index (χ1v) is 6.12. The van der Waals surface area contributed by atoms with Crippen molar-refractivity contribution in [3.63, 3.8) is 0 Å². The number of carbonyl (C=O) groups excluding carboxylic acids is 1. The summed E-state index contributed by atoms with van der Waals surface area (Å²) in [6, 6.07) is 9.37. The number of aryl methyl sites for hydroxylation is 2. The lowest BCUT2D eigenvalue weighted by molar-refractivity contribution is 0.102. The van der Waals surface area contributed by atoms with Gasteiger partial charge in [0.25, 0.3) is 5.91 Å². The molecule has 2 N–H and O–H groups in total. The molecular weight excluding hydrogens is 238 g/mol. The fourth-order valence-corrected chi connectivity index (χ4v) is 1.79. The number of hydrogen-bond acceptors (Lipinski definition) is 3. The van der Waals surface area contributed by atoms with Crippen LogP contribution < -0.4 is 10.6 Å². The van der Waals surface area contributed by atoms with Crippen molar-refractivity contribution >= 4 is 17.4 Å². The van der Waals surface area contributed by atoms with Crippen LogP contribution in [0.25, 0.3) is 0 Å². The maximum absolute atomic E-state index is 12.2. The van der Waals surface area contributed by atoms with Gasteiger partial charge in [0.2, 0.25) is 0 Å². The summed E-state index contributed by atoms with van der Waals surface area (Å²) in [5.41, 5.74) is 3.58. The normalized spacial score (nSPS) is 10.1. The molecule has 4 nitrogen and oxygen atoms in total. The molecule has 0 bridgehead atoms. The highest BCUT2D eigenvalue weighted by Gasteiger charge is 2.11. The third-order valence-corrected chi connectivity index (χ3v) is 2.84. The summed E-state index contributed by atoms with van der Waals surface area (Å²) in [5, 5.41) is 5.82. The van der Waals surface area contributed by atoms with Crippen molar-refractivity contribution < 1.29 is 4.79 Å². The highest BCUT2D eigenvalue weighted by Crippen LogP contribution is 2.18. The Kier molecular flexibility index (Phi) is 3.80. The van der Waals surface area contributed by atoms with E-state index in [9.17, 15) is 4.79 Å². The van der Waals surface area contributed by atoms with E-state index < -0.39 is 0 Å². The van der Waals surface area contributed by atoms with Gasteiger partial charge in [-0.25, -0.2) is 4.98 Å². The van der Waals surface area contributed by atoms with E-state index in [0.717, 1.165) is 16.8 Å². The average Bonchev–Trinajstić information content (AvgIpc) is 2.41. The molecule has 0 aliphatic carbocycles. The van der Waals surface area contributed by atoms with E-state index in [2.05, 4.69) is 15.6 Å². The van der Waals surface area contributed by atoms with Crippen LogP contribution in [-0.2, 0) is 0 Å². The number of pyridine rings is 1. The quantitative estimate of drug-likeness (QED) is 0.886. The van der Waals surface area contributed by atoms with Gasteiger partial charge in [-0.15, -0.1) is 0 Å². The smallest absolute Gasteiger partial charge is 0.258 e. The first-order valence-electron chi connectivity index (χ1n) is 6.12. The van der Waals surface area contributed by atoms with Gasteiger partial charge in [0.15, 0.2) is 0 Å². The van der Waals surface area contributed by atoms with E-state index in [1.54, 1.807) is 19.3 Å². The minimum Gasteiger partial charge on any atom is -0.387 e. The van der Waals surface area contributed by atoms with Crippen molar-refractivity contribution in [1.29, 1.82) is 0 Å². The van der Waals surface area contributed by atoms with Crippen molar-refractivity contribution in [3.05, 3.63) is 53.2 Å². The molecule has 0 aliphatic rings. The molecular formula is C15H17N3O. The van der Waals surface area contributed by atoms with E-state index in [1.165, 1.54) is 0 Å². The molecule has 1 aromatic heterocycles. The minimum absolute atomic E-state index is 0.166. The molecule has 98 valence electrons. The molecule has 19 heavy (non-hydrogen) atoms. The van der Waals surface area contributed by atoms with Gasteiger partial charge in [0, 0.05) is 18.9 Å². The van der Waals surface area contributed by atoms with E-state index in [0.29, 0.717) is 11.4 Å². The zero-order valence-electron chi connectivity index (χ0n) is 11.3. The van der Waals surface area contributed by atoms with Crippen LogP contribution in [0.5, 0.6) is 0 Å². The largest absolute Gasteiger partial charge is 0.387 e. The molecule has 0 aliphatic heterocycles. The van der Waals surface area contributed by atoms with Gasteiger partial charge in [-0.2, -0.15) is 0 Å². The number of nitrogens with zero attached hydrogens (tertiary/aromatic N) is 1. The maximum atomic E-state index is 12.2. The Balaban J connectivity index is 2.22. The Bertz CT molecular complexity index is 591. The zero-order valence-corrected chi connectivity index (χ0v) is 11.3. The van der Waals surface area contributed by atoms with E-state index >= 15 is 0 Å². The molecule has 0 fully saturated rings. The Morgan fingerprint density at radius 3 is 2.47 bits per heavy atom. The number of anilines is 2. The standard InChI is InChI=1S/C15H17N3O/c1-10-4-6-12(13(8-10)16-3)15(19)18-14-7-5-11(2)9-17-14/h4-9,16H,1-3H3,(H,17,18,19). The lowest BCUT2D eigenvalue weighted by Gasteiger charge is -2.10. The third kappa shape index (κ3) is 3.10. The number of hydrogen-bond donors (Lipinski definition) is 2. The van der Waals surface area contributed by atoms with Crippen LogP contribution in [0.1, 0.15) is 21.5 Å². The van der Waals surface area contributed by atoms with Crippen LogP contribution >= 0.6 is 0 Å². The summed E-state index contributed by atoms with van der Waals surface area (Å²) in [4.78, 5) is 16.4. The molecule has 4 heteroatoms. The summed E-state index contributed by atoms with van der Waals surface area (Å²) in [6.07, 6.45) is 1.73. The Morgan fingerprint density at radius 2 is 1.84 bits per heavy atom. The van der Waals surface area contributed by atoms with Gasteiger partial charge in [-0.3, -0.25) is 4.79 Å². The molecule has 0 radical (unpaired) electrons. The third-order valence-electron chi connectivity index (χ3n) is 2.84. The van der Waals surface area contributed by atoms with Crippen molar-refractivity contribution in [2.24, 2.45) is 0 Å². The molecule has 1 aromatic carbocycles. The number of aromatic nitrogens is 1. The van der Waals surface area contributed by atoms with Gasteiger partial charge < -0.3 is 10.6 Å². The van der Waals surface area contributed by atoms with E-state index in [-0.39, 0.29) is 5.91 Å². The fraction of sp³-hybridized carbons (Fsp3) is 0.200. The fourth-order valence-electron chi connectivity index (χ4n) is 1.79. The van der Waals surface area contributed by atoms with Crippen LogP contribution in [0.15, 0.2) is 36.5 Å². The van der Waals surface area contributed by atoms with Gasteiger partial charge in [-0.1, -0.05) is 12.1 Å². The van der Waals surface area contributed by atoms with E-state index in [1.807, 2.05) is 38.1 Å². The van der Waals surface area contributed by atoms with Crippen molar-refractivity contribution in [1.82, 2.24) is 4.98 Å². The Morgan fingerprint density at radius 1 is 1.11 bits per heavy atom. The van der Waals surface area contributed by atoms with Crippen molar-refractivity contribution in [2.75, 3.05) is 17.7 Å². The van der Waals surface area contributed by atoms with Gasteiger partial charge in [0.1, 0.15) is 5.82 Å². The minimum atomic E-state index is -0.166. The summed E-state index contributed by atoms with van der Waals surface area (Å²) in [6.45, 7) is 3.95. The number of rotatable bonds is 3. The lowest BCUT2D eigenvalue weighted by Crippen LogP contribution is -2.15. The molecule has 0 spiro atoms. The molecule has 0 atom stereocenters. The second kappa shape index (κ2) is 5.52. The van der Waals surface area contributed by atoms with Crippen LogP contribution in [0.2, 0.25) is 0 Å². The zero-order chi connectivity index (χ0) is 13.8. The molecule has 1 heterocycles. The predicted octanol–water partition coefficient (Wildman–Crippen LogP) is 2.99. The molecule has 0 saturated heterocycles. The van der Waals surface area contributed by atoms with Gasteiger partial charge in [-0.05, 0) is 43.2 Å². The van der Waals surface area contributed by atoms with Crippen LogP contribution in [0.3, 0.4) is 0 Å². The summed E-state index contributed by atoms with van der Waals surface area (Å²) < 4.78 is 0. The molecule has 2 aromatic rings. The summed E-state index contributed by atoms with van der Waals surface area (Å²) >= 11 is 0. The Hall–Kier alpha value is -2.36. The highest BCUT2D eigenvalue weighted by atomic mass is 16.1. The molecule has 0 unspecified atom stereocenters. The highest BCUT2D eigenvalue weighted by molar-refractivity contribution is 6.07. The molecule has 0 saturated carbocycles. The van der Waals surface area contributed by atoms with Crippen molar-refractivity contribution in [3.8, 4) is 0 Å². The lowest BCUT2D eigenvalue weighted by atomic mass is 10.1. The van der Waals surface area contributed by atoms with Crippen molar-refractivity contribution in [2.45, 2.75) is 13.8 Å². The van der Waals surface area contributed by atoms with Gasteiger partial charge in [0.05, 0.1) is 5.56 Å². The van der Waals surface area contributed by atoms with E-state index in [4.69, 9.17) is 0 Å². The second-order valence-corrected chi connectivity index (χ2v) is 4.47. The molecule has 2 rings (SSSR count). The first kappa shape index (κ1) is 13.1. The number of amides is 1. The number of nitrogens with one attached hydrogen (secondary N) is 2. The number of carbonyl (C=O) groups is 1. The first-order chi connectivity index (χ1) is 9.10. The second-order valence-electron chi connectivity index (χ2n) is 4.47. The SMILES string of the molecule is CNc1cc(C)ccc1C(=O)Nc1ccc(C)cn1. The summed E-state index contributed by atoms with van der Waals surface area (Å²) in [7, 11) is 1.80. The van der Waals surface area contributed by atoms with Crippen LogP contribution in [0.4, 0.5) is 11.5 Å². The predicted molar refractivity (Wildman–Crippen MR) is 77.7 cm³/mol. The Labute approximate surface area is 112 Å². The monoisotopic (exact) mass is 255 g/mol. The number of benzene rings is 1. The van der Waals surface area contributed by atoms with Crippen LogP contribution in [0, 0.1) is 13.8 Å². The maximum Gasteiger partial charge on any atom is 0.258 e. The summed E-state index contributed by atoms with van der Waals surface area (Å²) in [5.74, 6) is 0.388. The van der Waals surface area contributed by atoms with Crippen LogP contribution in [-0.4, -0.2) is 17.9 Å². The average molecular weight is 255 g/mol.